The minimum Gasteiger partial charge on any atom is -0.323 e. The van der Waals surface area contributed by atoms with Crippen molar-refractivity contribution in [2.75, 3.05) is 18.4 Å². The quantitative estimate of drug-likeness (QED) is 0.848. The first-order chi connectivity index (χ1) is 9.08. The number of halogens is 2. The zero-order valence-corrected chi connectivity index (χ0v) is 10.2. The number of rotatable bonds is 1. The molecule has 0 radical (unpaired) electrons. The van der Waals surface area contributed by atoms with Gasteiger partial charge in [-0.05, 0) is 25.0 Å². The summed E-state index contributed by atoms with van der Waals surface area (Å²) in [5, 5.41) is 11.3. The lowest BCUT2D eigenvalue weighted by Crippen LogP contribution is -2.42. The predicted octanol–water partition coefficient (Wildman–Crippen LogP) is 2.73. The summed E-state index contributed by atoms with van der Waals surface area (Å²) in [4.78, 5) is 13.4. The van der Waals surface area contributed by atoms with Crippen LogP contribution < -0.4 is 5.32 Å². The Morgan fingerprint density at radius 3 is 2.68 bits per heavy atom. The van der Waals surface area contributed by atoms with Gasteiger partial charge in [-0.25, -0.2) is 13.6 Å². The Labute approximate surface area is 109 Å². The van der Waals surface area contributed by atoms with Crippen LogP contribution in [0.2, 0.25) is 0 Å². The highest BCUT2D eigenvalue weighted by molar-refractivity contribution is 5.89. The highest BCUT2D eigenvalue weighted by Gasteiger charge is 2.23. The summed E-state index contributed by atoms with van der Waals surface area (Å²) in [7, 11) is 0. The molecule has 0 spiro atoms. The average Bonchev–Trinajstić information content (AvgIpc) is 2.37. The van der Waals surface area contributed by atoms with Gasteiger partial charge in [0.15, 0.2) is 0 Å². The minimum absolute atomic E-state index is 0.0709. The van der Waals surface area contributed by atoms with Crippen LogP contribution in [0.4, 0.5) is 19.3 Å². The van der Waals surface area contributed by atoms with Crippen molar-refractivity contribution in [2.24, 2.45) is 5.92 Å². The van der Waals surface area contributed by atoms with E-state index in [-0.39, 0.29) is 11.6 Å². The van der Waals surface area contributed by atoms with E-state index in [1.54, 1.807) is 0 Å². The number of urea groups is 1. The molecular formula is C13H13F2N3O. The summed E-state index contributed by atoms with van der Waals surface area (Å²) in [5.74, 6) is -1.67. The van der Waals surface area contributed by atoms with E-state index < -0.39 is 17.7 Å². The van der Waals surface area contributed by atoms with Crippen molar-refractivity contribution < 1.29 is 13.6 Å². The van der Waals surface area contributed by atoms with E-state index in [9.17, 15) is 13.6 Å². The number of likely N-dealkylation sites (tertiary alicyclic amines) is 1. The highest BCUT2D eigenvalue weighted by atomic mass is 19.1. The molecule has 1 atom stereocenters. The number of hydrogen-bond acceptors (Lipinski definition) is 2. The normalized spacial score (nSPS) is 18.8. The van der Waals surface area contributed by atoms with Gasteiger partial charge in [-0.2, -0.15) is 5.26 Å². The van der Waals surface area contributed by atoms with Crippen molar-refractivity contribution in [3.63, 3.8) is 0 Å². The van der Waals surface area contributed by atoms with Crippen LogP contribution in [-0.4, -0.2) is 24.0 Å². The maximum absolute atomic E-state index is 13.0. The van der Waals surface area contributed by atoms with Crippen molar-refractivity contribution in [3.05, 3.63) is 29.8 Å². The molecule has 2 rings (SSSR count). The van der Waals surface area contributed by atoms with Crippen LogP contribution in [0.25, 0.3) is 0 Å². The maximum atomic E-state index is 13.0. The largest absolute Gasteiger partial charge is 0.323 e. The topological polar surface area (TPSA) is 56.1 Å². The van der Waals surface area contributed by atoms with Crippen LogP contribution in [0.3, 0.4) is 0 Å². The first kappa shape index (κ1) is 13.3. The molecule has 100 valence electrons. The number of piperidine rings is 1. The second kappa shape index (κ2) is 5.65. The third-order valence-corrected chi connectivity index (χ3v) is 3.01. The third kappa shape index (κ3) is 3.41. The fraction of sp³-hybridized carbons (Fsp3) is 0.385. The second-order valence-corrected chi connectivity index (χ2v) is 4.50. The number of anilines is 1. The molecule has 0 bridgehead atoms. The lowest BCUT2D eigenvalue weighted by Gasteiger charge is -2.29. The SMILES string of the molecule is N#C[C@@H]1CCCN(C(=O)Nc2cc(F)cc(F)c2)C1. The van der Waals surface area contributed by atoms with Gasteiger partial charge in [0.2, 0.25) is 0 Å². The molecule has 0 unspecified atom stereocenters. The first-order valence-electron chi connectivity index (χ1n) is 6.00. The minimum atomic E-state index is -0.746. The molecule has 1 fully saturated rings. The van der Waals surface area contributed by atoms with E-state index >= 15 is 0 Å². The Bertz CT molecular complexity index is 507. The van der Waals surface area contributed by atoms with Crippen LogP contribution in [0.5, 0.6) is 0 Å². The zero-order chi connectivity index (χ0) is 13.8. The molecular weight excluding hydrogens is 252 g/mol. The number of carbonyl (C=O) groups is 1. The number of carbonyl (C=O) groups excluding carboxylic acids is 1. The summed E-state index contributed by atoms with van der Waals surface area (Å²) in [6.07, 6.45) is 1.53. The van der Waals surface area contributed by atoms with Crippen molar-refractivity contribution in [1.29, 1.82) is 5.26 Å². The molecule has 1 heterocycles. The molecule has 1 aliphatic heterocycles. The fourth-order valence-electron chi connectivity index (χ4n) is 2.10. The Hall–Kier alpha value is -2.16. The molecule has 1 N–H and O–H groups in total. The lowest BCUT2D eigenvalue weighted by atomic mass is 10.0. The van der Waals surface area contributed by atoms with E-state index in [2.05, 4.69) is 11.4 Å². The van der Waals surface area contributed by atoms with Crippen LogP contribution in [-0.2, 0) is 0 Å². The molecule has 0 aliphatic carbocycles. The summed E-state index contributed by atoms with van der Waals surface area (Å²) < 4.78 is 26.0. The Kier molecular flexibility index (Phi) is 3.95. The Morgan fingerprint density at radius 1 is 1.37 bits per heavy atom. The number of hydrogen-bond donors (Lipinski definition) is 1. The molecule has 2 amide bonds. The van der Waals surface area contributed by atoms with Crippen LogP contribution in [0.15, 0.2) is 18.2 Å². The van der Waals surface area contributed by atoms with Crippen LogP contribution in [0, 0.1) is 28.9 Å². The molecule has 1 aromatic carbocycles. The maximum Gasteiger partial charge on any atom is 0.321 e. The van der Waals surface area contributed by atoms with Gasteiger partial charge in [-0.3, -0.25) is 0 Å². The molecule has 6 heteroatoms. The van der Waals surface area contributed by atoms with Gasteiger partial charge >= 0.3 is 6.03 Å². The second-order valence-electron chi connectivity index (χ2n) is 4.50. The van der Waals surface area contributed by atoms with Gasteiger partial charge in [0.1, 0.15) is 11.6 Å². The predicted molar refractivity (Wildman–Crippen MR) is 65.3 cm³/mol. The van der Waals surface area contributed by atoms with E-state index in [1.165, 1.54) is 4.90 Å². The lowest BCUT2D eigenvalue weighted by molar-refractivity contribution is 0.189. The molecule has 1 saturated heterocycles. The molecule has 1 aliphatic rings. The zero-order valence-electron chi connectivity index (χ0n) is 10.2. The summed E-state index contributed by atoms with van der Waals surface area (Å²) in [6.45, 7) is 0.891. The van der Waals surface area contributed by atoms with Gasteiger partial charge < -0.3 is 10.2 Å². The average molecular weight is 265 g/mol. The highest BCUT2D eigenvalue weighted by Crippen LogP contribution is 2.18. The van der Waals surface area contributed by atoms with Gasteiger partial charge in [-0.1, -0.05) is 0 Å². The fourth-order valence-corrected chi connectivity index (χ4v) is 2.10. The van der Waals surface area contributed by atoms with Gasteiger partial charge in [0.05, 0.1) is 12.0 Å². The van der Waals surface area contributed by atoms with Gasteiger partial charge in [0, 0.05) is 24.8 Å². The van der Waals surface area contributed by atoms with E-state index in [0.717, 1.165) is 31.0 Å². The number of nitrogens with zero attached hydrogens (tertiary/aromatic N) is 2. The number of nitrogens with one attached hydrogen (secondary N) is 1. The monoisotopic (exact) mass is 265 g/mol. The van der Waals surface area contributed by atoms with Crippen molar-refractivity contribution in [3.8, 4) is 6.07 Å². The molecule has 0 aromatic heterocycles. The molecule has 4 nitrogen and oxygen atoms in total. The van der Waals surface area contributed by atoms with E-state index in [0.29, 0.717) is 13.1 Å². The van der Waals surface area contributed by atoms with Crippen LogP contribution >= 0.6 is 0 Å². The first-order valence-corrected chi connectivity index (χ1v) is 6.00. The molecule has 1 aromatic rings. The van der Waals surface area contributed by atoms with E-state index in [1.807, 2.05) is 0 Å². The van der Waals surface area contributed by atoms with Crippen LogP contribution in [0.1, 0.15) is 12.8 Å². The number of nitriles is 1. The Balaban J connectivity index is 2.02. The molecule has 0 saturated carbocycles. The Morgan fingerprint density at radius 2 is 2.05 bits per heavy atom. The molecule has 19 heavy (non-hydrogen) atoms. The van der Waals surface area contributed by atoms with Crippen molar-refractivity contribution in [2.45, 2.75) is 12.8 Å². The summed E-state index contributed by atoms with van der Waals surface area (Å²) in [5.41, 5.74) is 0.0709. The van der Waals surface area contributed by atoms with E-state index in [4.69, 9.17) is 5.26 Å². The summed E-state index contributed by atoms with van der Waals surface area (Å²) in [6, 6.07) is 4.52. The standard InChI is InChI=1S/C13H13F2N3O/c14-10-4-11(15)6-12(5-10)17-13(19)18-3-1-2-9(7-16)8-18/h4-6,9H,1-3,8H2,(H,17,19)/t9-/m0/s1. The van der Waals surface area contributed by atoms with Gasteiger partial charge in [-0.15, -0.1) is 0 Å². The van der Waals surface area contributed by atoms with Crippen molar-refractivity contribution in [1.82, 2.24) is 4.90 Å². The third-order valence-electron chi connectivity index (χ3n) is 3.01. The van der Waals surface area contributed by atoms with Gasteiger partial charge in [0.25, 0.3) is 0 Å². The smallest absolute Gasteiger partial charge is 0.321 e. The van der Waals surface area contributed by atoms with Crippen molar-refractivity contribution >= 4 is 11.7 Å². The number of amides is 2. The number of benzene rings is 1. The summed E-state index contributed by atoms with van der Waals surface area (Å²) >= 11 is 0.